The number of ether oxygens (including phenoxy) is 6. The molecule has 0 aromatic heterocycles. The molecule has 1 aliphatic carbocycles. The predicted molar refractivity (Wildman–Crippen MR) is 244 cm³/mol. The second-order valence-corrected chi connectivity index (χ2v) is 19.6. The van der Waals surface area contributed by atoms with Crippen molar-refractivity contribution in [3.63, 3.8) is 0 Å². The van der Waals surface area contributed by atoms with E-state index in [2.05, 4.69) is 11.0 Å². The van der Waals surface area contributed by atoms with E-state index in [1.54, 1.807) is 43.0 Å². The number of nitrogens with zero attached hydrogens (tertiary/aromatic N) is 3. The van der Waals surface area contributed by atoms with Crippen LogP contribution in [0.2, 0.25) is 0 Å². The minimum atomic E-state index is -1.33. The Morgan fingerprint density at radius 2 is 1.70 bits per heavy atom. The number of likely N-dealkylation sites (N-methyl/N-ethyl adjacent to an activating group) is 1. The van der Waals surface area contributed by atoms with Crippen LogP contribution >= 0.6 is 0 Å². The van der Waals surface area contributed by atoms with Crippen LogP contribution in [0.1, 0.15) is 90.1 Å². The van der Waals surface area contributed by atoms with Crippen molar-refractivity contribution in [2.45, 2.75) is 134 Å². The van der Waals surface area contributed by atoms with Crippen LogP contribution in [0.3, 0.4) is 0 Å². The van der Waals surface area contributed by atoms with Crippen LogP contribution in [0.5, 0.6) is 0 Å². The minimum absolute atomic E-state index is 0.135. The third-order valence-corrected chi connectivity index (χ3v) is 14.8. The minimum Gasteiger partial charge on any atom is -0.457 e. The second kappa shape index (κ2) is 19.8. The van der Waals surface area contributed by atoms with Gasteiger partial charge in [-0.15, -0.1) is 5.53 Å². The quantitative estimate of drug-likeness (QED) is 0.0982. The molecule has 4 heterocycles. The number of rotatable bonds is 12. The Kier molecular flexibility index (Phi) is 14.8. The SMILES string of the molecule is CO[C@@]1(C)C[C@@H](C)C(=O)[C@H](C)C2N(CCCCN3C=C(c4cccc(N)c4)NN3)C(=O)O[C@@]23C(C)[C@H]3OC(=O)[C@H](C)[C@@H](O)[C@H](C)[C@H]1OC1O[C@H](C)C[C@H](N(C)C)[C@H]1OC(=O)c1ccccc1. The molecule has 2 aromatic rings. The Balaban J connectivity index is 1.14. The van der Waals surface area contributed by atoms with Gasteiger partial charge in [-0.25, -0.2) is 9.59 Å². The first-order valence-electron chi connectivity index (χ1n) is 23.4. The lowest BCUT2D eigenvalue weighted by atomic mass is 9.75. The van der Waals surface area contributed by atoms with Crippen molar-refractivity contribution in [1.82, 2.24) is 25.8 Å². The molecule has 4 fully saturated rings. The first-order valence-corrected chi connectivity index (χ1v) is 23.4. The monoisotopic (exact) mass is 919 g/mol. The van der Waals surface area contributed by atoms with Gasteiger partial charge >= 0.3 is 18.0 Å². The van der Waals surface area contributed by atoms with Crippen LogP contribution in [0.4, 0.5) is 10.5 Å². The highest BCUT2D eigenvalue weighted by molar-refractivity contribution is 5.89. The second-order valence-electron chi connectivity index (χ2n) is 19.6. The number of benzene rings is 2. The largest absolute Gasteiger partial charge is 0.457 e. The summed E-state index contributed by atoms with van der Waals surface area (Å²) in [6.45, 7) is 13.5. The van der Waals surface area contributed by atoms with Crippen molar-refractivity contribution in [2.24, 2.45) is 29.6 Å². The number of nitrogens with two attached hydrogens (primary N) is 1. The summed E-state index contributed by atoms with van der Waals surface area (Å²) in [6.07, 6.45) is -2.18. The Bertz CT molecular complexity index is 2110. The molecule has 2 aromatic carbocycles. The van der Waals surface area contributed by atoms with Crippen LogP contribution in [0.25, 0.3) is 5.70 Å². The first kappa shape index (κ1) is 49.1. The Morgan fingerprint density at radius 1 is 0.985 bits per heavy atom. The molecule has 17 heteroatoms. The van der Waals surface area contributed by atoms with Gasteiger partial charge in [0.05, 0.1) is 53.2 Å². The normalized spacial score (nSPS) is 37.2. The van der Waals surface area contributed by atoms with Gasteiger partial charge in [-0.3, -0.25) is 14.6 Å². The summed E-state index contributed by atoms with van der Waals surface area (Å²) >= 11 is 0. The summed E-state index contributed by atoms with van der Waals surface area (Å²) in [5.74, 6) is -5.03. The molecule has 3 saturated heterocycles. The molecular formula is C49H70N6O11. The third-order valence-electron chi connectivity index (χ3n) is 14.8. The van der Waals surface area contributed by atoms with Gasteiger partial charge in [0, 0.05) is 61.3 Å². The molecule has 3 unspecified atom stereocenters. The number of hydrazine groups is 2. The summed E-state index contributed by atoms with van der Waals surface area (Å²) in [5, 5.41) is 14.1. The molecule has 1 spiro atoms. The van der Waals surface area contributed by atoms with E-state index in [1.165, 1.54) is 7.11 Å². The summed E-state index contributed by atoms with van der Waals surface area (Å²) < 4.78 is 38.4. The number of nitrogen functional groups attached to an aromatic ring is 1. The van der Waals surface area contributed by atoms with Crippen LogP contribution in [0.15, 0.2) is 60.8 Å². The van der Waals surface area contributed by atoms with Crippen molar-refractivity contribution in [3.8, 4) is 0 Å². The molecule has 0 radical (unpaired) electrons. The molecule has 4 aliphatic heterocycles. The van der Waals surface area contributed by atoms with Crippen molar-refractivity contribution in [2.75, 3.05) is 40.0 Å². The van der Waals surface area contributed by atoms with Gasteiger partial charge < -0.3 is 54.5 Å². The van der Waals surface area contributed by atoms with Gasteiger partial charge in [0.2, 0.25) is 0 Å². The first-order chi connectivity index (χ1) is 31.3. The zero-order valence-electron chi connectivity index (χ0n) is 40.0. The molecule has 5 N–H and O–H groups in total. The van der Waals surface area contributed by atoms with E-state index in [0.29, 0.717) is 43.6 Å². The number of esters is 2. The average Bonchev–Trinajstić information content (AvgIpc) is 3.57. The van der Waals surface area contributed by atoms with Crippen LogP contribution in [-0.4, -0.2) is 138 Å². The van der Waals surface area contributed by atoms with Crippen LogP contribution in [-0.2, 0) is 38.0 Å². The van der Waals surface area contributed by atoms with E-state index in [1.807, 2.05) is 95.2 Å². The number of carbonyl (C=O) groups is 4. The molecule has 7 rings (SSSR count). The van der Waals surface area contributed by atoms with Crippen LogP contribution < -0.4 is 16.7 Å². The van der Waals surface area contributed by atoms with Gasteiger partial charge in [0.15, 0.2) is 24.1 Å². The fourth-order valence-electron chi connectivity index (χ4n) is 10.8. The number of Topliss-reactive ketones (excluding diaryl/α,β-unsaturated/α-hetero) is 1. The maximum atomic E-state index is 14.9. The lowest BCUT2D eigenvalue weighted by molar-refractivity contribution is -0.300. The lowest BCUT2D eigenvalue weighted by Gasteiger charge is -2.48. The van der Waals surface area contributed by atoms with E-state index < -0.39 is 95.6 Å². The molecule has 0 bridgehead atoms. The number of nitrogens with one attached hydrogen (secondary N) is 2. The van der Waals surface area contributed by atoms with E-state index in [4.69, 9.17) is 34.2 Å². The number of aliphatic hydroxyl groups is 1. The van der Waals surface area contributed by atoms with Gasteiger partial charge in [0.1, 0.15) is 5.78 Å². The maximum absolute atomic E-state index is 14.9. The topological polar surface area (TPSA) is 204 Å². The molecule has 66 heavy (non-hydrogen) atoms. The summed E-state index contributed by atoms with van der Waals surface area (Å²) in [6, 6.07) is 15.2. The Hall–Kier alpha value is -4.78. The van der Waals surface area contributed by atoms with E-state index >= 15 is 0 Å². The van der Waals surface area contributed by atoms with E-state index in [-0.39, 0.29) is 24.3 Å². The molecule has 1 saturated carbocycles. The van der Waals surface area contributed by atoms with Crippen LogP contribution in [0, 0.1) is 29.6 Å². The zero-order chi connectivity index (χ0) is 47.8. The number of amides is 1. The lowest BCUT2D eigenvalue weighted by Crippen LogP contribution is -2.60. The number of hydrogen-bond acceptors (Lipinski definition) is 16. The van der Waals surface area contributed by atoms with Crippen molar-refractivity contribution in [3.05, 3.63) is 71.9 Å². The fourth-order valence-corrected chi connectivity index (χ4v) is 10.8. The zero-order valence-corrected chi connectivity index (χ0v) is 40.0. The van der Waals surface area contributed by atoms with E-state index in [9.17, 15) is 24.3 Å². The van der Waals surface area contributed by atoms with Gasteiger partial charge in [-0.1, -0.05) is 58.0 Å². The standard InChI is InChI=1S/C49H70N6O11/c1-27-25-48(7,61-10)42(65-46-40(37(53(8)9)23-28(2)62-46)63-45(59)33-17-12-11-13-18-33)30(4)39(57)31(5)44(58)64-43-32(6)49(43)41(29(3)38(27)56)55(47(60)66-49)22-15-14-21-54-26-36(51-52-54)34-19-16-20-35(50)24-34/h11-13,16-20,24,26-32,37,39-43,46,51-52,57H,14-15,21-23,25,50H2,1-10H3/t27-,28-,29+,30+,31-,32?,37+,39+,40-,41?,42-,43-,46?,48+,49+/m1/s1. The molecule has 5 aliphatic rings. The number of ketones is 1. The maximum Gasteiger partial charge on any atom is 0.410 e. The molecule has 17 nitrogen and oxygen atoms in total. The fraction of sp³-hybridized carbons (Fsp3) is 0.633. The number of unbranched alkanes of at least 4 members (excludes halogenated alkanes) is 1. The van der Waals surface area contributed by atoms with Crippen molar-refractivity contribution < 1.29 is 52.7 Å². The highest BCUT2D eigenvalue weighted by Gasteiger charge is 2.78. The van der Waals surface area contributed by atoms with E-state index in [0.717, 1.165) is 11.3 Å². The third kappa shape index (κ3) is 9.65. The highest BCUT2D eigenvalue weighted by Crippen LogP contribution is 2.59. The molecular weight excluding hydrogens is 849 g/mol. The number of anilines is 1. The number of aliphatic hydroxyl groups excluding tert-OH is 1. The highest BCUT2D eigenvalue weighted by atomic mass is 16.7. The molecule has 1 amide bonds. The predicted octanol–water partition coefficient (Wildman–Crippen LogP) is 4.75. The van der Waals surface area contributed by atoms with Crippen molar-refractivity contribution in [1.29, 1.82) is 0 Å². The van der Waals surface area contributed by atoms with Gasteiger partial charge in [-0.05, 0) is 84.8 Å². The molecule has 362 valence electrons. The summed E-state index contributed by atoms with van der Waals surface area (Å²) in [4.78, 5) is 60.2. The average molecular weight is 919 g/mol. The summed E-state index contributed by atoms with van der Waals surface area (Å²) in [7, 11) is 5.32. The Morgan fingerprint density at radius 3 is 2.38 bits per heavy atom. The van der Waals surface area contributed by atoms with Gasteiger partial charge in [-0.2, -0.15) is 0 Å². The number of carbonyl (C=O) groups excluding carboxylic acids is 4. The summed E-state index contributed by atoms with van der Waals surface area (Å²) in [5.41, 5.74) is 12.6. The number of methoxy groups -OCH3 is 1. The smallest absolute Gasteiger partial charge is 0.410 e. The van der Waals surface area contributed by atoms with Crippen molar-refractivity contribution >= 4 is 35.2 Å². The number of hydrogen-bond donors (Lipinski definition) is 4. The molecule has 15 atom stereocenters. The van der Waals surface area contributed by atoms with Gasteiger partial charge in [0.25, 0.3) is 0 Å². The Labute approximate surface area is 388 Å².